The molecule has 2 heterocycles. The average molecular weight is 358 g/mol. The van der Waals surface area contributed by atoms with Crippen LogP contribution in [0.5, 0.6) is 11.5 Å². The minimum absolute atomic E-state index is 0.244. The molecule has 1 aliphatic rings. The van der Waals surface area contributed by atoms with E-state index in [1.807, 2.05) is 19.1 Å². The first-order valence-electron chi connectivity index (χ1n) is 7.54. The smallest absolute Gasteiger partial charge is 0.281 e. The maximum Gasteiger partial charge on any atom is 0.281 e. The van der Waals surface area contributed by atoms with Gasteiger partial charge in [-0.3, -0.25) is 9.48 Å². The summed E-state index contributed by atoms with van der Waals surface area (Å²) in [6.07, 6.45) is 3.46. The zero-order valence-corrected chi connectivity index (χ0v) is 15.2. The first-order valence-corrected chi connectivity index (χ1v) is 7.95. The van der Waals surface area contributed by atoms with Crippen LogP contribution in [0.25, 0.3) is 6.08 Å². The van der Waals surface area contributed by atoms with Crippen molar-refractivity contribution in [2.24, 2.45) is 7.05 Å². The Balaban J connectivity index is 2.00. The standard InChI is InChI=1S/C17H18N4O3S/c1-10-13(9-20(2)19-10)21-16(22)12(18-17(21)25)8-11-6-5-7-14(23-3)15(11)24-4/h5-9H,1-4H3,(H,18,25)/b12-8+. The molecule has 8 heteroatoms. The highest BCUT2D eigenvalue weighted by atomic mass is 32.1. The zero-order chi connectivity index (χ0) is 18.1. The van der Waals surface area contributed by atoms with Crippen molar-refractivity contribution in [2.75, 3.05) is 19.1 Å². The van der Waals surface area contributed by atoms with Gasteiger partial charge >= 0.3 is 0 Å². The van der Waals surface area contributed by atoms with E-state index >= 15 is 0 Å². The summed E-state index contributed by atoms with van der Waals surface area (Å²) in [4.78, 5) is 14.3. The first kappa shape index (κ1) is 17.0. The molecule has 3 rings (SSSR count). The van der Waals surface area contributed by atoms with Crippen LogP contribution in [0.4, 0.5) is 5.69 Å². The van der Waals surface area contributed by atoms with Gasteiger partial charge in [0.1, 0.15) is 5.70 Å². The number of carbonyl (C=O) groups excluding carboxylic acids is 1. The van der Waals surface area contributed by atoms with Crippen molar-refractivity contribution in [3.8, 4) is 11.5 Å². The number of amides is 1. The van der Waals surface area contributed by atoms with Gasteiger partial charge in [-0.25, -0.2) is 4.90 Å². The predicted octanol–water partition coefficient (Wildman–Crippen LogP) is 2.01. The maximum absolute atomic E-state index is 12.8. The maximum atomic E-state index is 12.8. The third-order valence-corrected chi connectivity index (χ3v) is 4.12. The molecule has 0 radical (unpaired) electrons. The van der Waals surface area contributed by atoms with E-state index in [9.17, 15) is 4.79 Å². The number of thiocarbonyl (C=S) groups is 1. The number of ether oxygens (including phenoxy) is 2. The Morgan fingerprint density at radius 1 is 1.28 bits per heavy atom. The molecule has 130 valence electrons. The van der Waals surface area contributed by atoms with Gasteiger partial charge < -0.3 is 14.8 Å². The zero-order valence-electron chi connectivity index (χ0n) is 14.4. The number of nitrogens with one attached hydrogen (secondary N) is 1. The first-order chi connectivity index (χ1) is 12.0. The van der Waals surface area contributed by atoms with Crippen molar-refractivity contribution in [3.63, 3.8) is 0 Å². The second kappa shape index (κ2) is 6.56. The highest BCUT2D eigenvalue weighted by Gasteiger charge is 2.34. The van der Waals surface area contributed by atoms with Gasteiger partial charge in [0.15, 0.2) is 16.6 Å². The lowest BCUT2D eigenvalue weighted by molar-refractivity contribution is -0.113. The number of nitrogens with zero attached hydrogens (tertiary/aromatic N) is 3. The minimum atomic E-state index is -0.244. The summed E-state index contributed by atoms with van der Waals surface area (Å²) in [5.74, 6) is 0.893. The normalized spacial score (nSPS) is 15.7. The molecule has 1 aliphatic heterocycles. The molecule has 2 aromatic rings. The van der Waals surface area contributed by atoms with Gasteiger partial charge in [0.05, 0.1) is 25.6 Å². The van der Waals surface area contributed by atoms with E-state index in [1.54, 1.807) is 44.3 Å². The summed E-state index contributed by atoms with van der Waals surface area (Å²) in [6.45, 7) is 1.83. The molecule has 0 bridgehead atoms. The lowest BCUT2D eigenvalue weighted by Gasteiger charge is -2.12. The van der Waals surface area contributed by atoms with Crippen molar-refractivity contribution in [3.05, 3.63) is 41.4 Å². The summed E-state index contributed by atoms with van der Waals surface area (Å²) in [5.41, 5.74) is 2.45. The molecule has 0 saturated carbocycles. The largest absolute Gasteiger partial charge is 0.493 e. The van der Waals surface area contributed by atoms with E-state index in [2.05, 4.69) is 10.4 Å². The fourth-order valence-corrected chi connectivity index (χ4v) is 3.03. The third kappa shape index (κ3) is 2.96. The van der Waals surface area contributed by atoms with Crippen LogP contribution >= 0.6 is 12.2 Å². The van der Waals surface area contributed by atoms with Crippen LogP contribution in [0, 0.1) is 6.92 Å². The van der Waals surface area contributed by atoms with E-state index in [0.29, 0.717) is 33.6 Å². The van der Waals surface area contributed by atoms with Crippen LogP contribution in [-0.4, -0.2) is 35.0 Å². The number of benzene rings is 1. The molecule has 0 unspecified atom stereocenters. The van der Waals surface area contributed by atoms with Gasteiger partial charge in [-0.2, -0.15) is 5.10 Å². The topological polar surface area (TPSA) is 68.6 Å². The number of hydrogen-bond acceptors (Lipinski definition) is 5. The number of rotatable bonds is 4. The number of aryl methyl sites for hydroxylation is 2. The van der Waals surface area contributed by atoms with Gasteiger partial charge in [-0.1, -0.05) is 12.1 Å². The number of methoxy groups -OCH3 is 2. The van der Waals surface area contributed by atoms with Crippen molar-refractivity contribution in [1.82, 2.24) is 15.1 Å². The van der Waals surface area contributed by atoms with Crippen molar-refractivity contribution in [1.29, 1.82) is 0 Å². The molecule has 25 heavy (non-hydrogen) atoms. The lowest BCUT2D eigenvalue weighted by atomic mass is 10.1. The summed E-state index contributed by atoms with van der Waals surface area (Å²) < 4.78 is 12.3. The van der Waals surface area contributed by atoms with E-state index in [1.165, 1.54) is 4.90 Å². The van der Waals surface area contributed by atoms with Gasteiger partial charge in [0.2, 0.25) is 0 Å². The SMILES string of the molecule is COc1cccc(/C=C2/NC(=S)N(c3cn(C)nc3C)C2=O)c1OC. The Kier molecular flexibility index (Phi) is 4.45. The number of hydrogen-bond donors (Lipinski definition) is 1. The lowest BCUT2D eigenvalue weighted by Crippen LogP contribution is -2.30. The second-order valence-corrected chi connectivity index (χ2v) is 5.87. The number of carbonyl (C=O) groups is 1. The Morgan fingerprint density at radius 2 is 2.04 bits per heavy atom. The minimum Gasteiger partial charge on any atom is -0.493 e. The molecule has 0 atom stereocenters. The van der Waals surface area contributed by atoms with Gasteiger partial charge in [0.25, 0.3) is 5.91 Å². The van der Waals surface area contributed by atoms with Crippen LogP contribution < -0.4 is 19.7 Å². The third-order valence-electron chi connectivity index (χ3n) is 3.84. The highest BCUT2D eigenvalue weighted by molar-refractivity contribution is 7.80. The molecule has 0 spiro atoms. The Morgan fingerprint density at radius 3 is 2.64 bits per heavy atom. The van der Waals surface area contributed by atoms with Crippen molar-refractivity contribution in [2.45, 2.75) is 6.92 Å². The molecule has 7 nitrogen and oxygen atoms in total. The van der Waals surface area contributed by atoms with Crippen LogP contribution in [0.2, 0.25) is 0 Å². The second-order valence-electron chi connectivity index (χ2n) is 5.48. The fourth-order valence-electron chi connectivity index (χ4n) is 2.74. The Hall–Kier alpha value is -2.87. The molecular formula is C17H18N4O3S. The average Bonchev–Trinajstić information content (AvgIpc) is 3.05. The van der Waals surface area contributed by atoms with Crippen molar-refractivity contribution >= 4 is 35.0 Å². The van der Waals surface area contributed by atoms with Crippen LogP contribution in [0.15, 0.2) is 30.1 Å². The Labute approximate surface area is 150 Å². The van der Waals surface area contributed by atoms with Gasteiger partial charge in [0, 0.05) is 18.8 Å². The summed E-state index contributed by atoms with van der Waals surface area (Å²) in [7, 11) is 4.92. The van der Waals surface area contributed by atoms with E-state index in [4.69, 9.17) is 21.7 Å². The van der Waals surface area contributed by atoms with Crippen LogP contribution in [-0.2, 0) is 11.8 Å². The summed E-state index contributed by atoms with van der Waals surface area (Å²) in [5, 5.41) is 7.54. The van der Waals surface area contributed by atoms with Crippen LogP contribution in [0.3, 0.4) is 0 Å². The molecular weight excluding hydrogens is 340 g/mol. The summed E-state index contributed by atoms with van der Waals surface area (Å²) in [6, 6.07) is 5.46. The van der Waals surface area contributed by atoms with E-state index in [0.717, 1.165) is 5.69 Å². The molecule has 1 saturated heterocycles. The van der Waals surface area contributed by atoms with Gasteiger partial charge in [-0.05, 0) is 31.3 Å². The summed E-state index contributed by atoms with van der Waals surface area (Å²) >= 11 is 5.33. The fraction of sp³-hybridized carbons (Fsp3) is 0.235. The molecule has 1 N–H and O–H groups in total. The number of para-hydroxylation sites is 1. The van der Waals surface area contributed by atoms with Gasteiger partial charge in [-0.15, -0.1) is 0 Å². The van der Waals surface area contributed by atoms with Crippen molar-refractivity contribution < 1.29 is 14.3 Å². The predicted molar refractivity (Wildman–Crippen MR) is 98.7 cm³/mol. The molecule has 1 aromatic carbocycles. The van der Waals surface area contributed by atoms with Crippen LogP contribution in [0.1, 0.15) is 11.3 Å². The number of anilines is 1. The Bertz CT molecular complexity index is 888. The molecule has 0 aliphatic carbocycles. The quantitative estimate of drug-likeness (QED) is 0.666. The van der Waals surface area contributed by atoms with E-state index < -0.39 is 0 Å². The molecule has 1 amide bonds. The highest BCUT2D eigenvalue weighted by Crippen LogP contribution is 2.33. The van der Waals surface area contributed by atoms with E-state index in [-0.39, 0.29) is 5.91 Å². The number of aromatic nitrogens is 2. The monoisotopic (exact) mass is 358 g/mol. The molecule has 1 fully saturated rings. The molecule has 1 aromatic heterocycles.